The molecule has 0 aliphatic carbocycles. The Labute approximate surface area is 110 Å². The van der Waals surface area contributed by atoms with Gasteiger partial charge in [0.2, 0.25) is 0 Å². The molecule has 0 bridgehead atoms. The highest BCUT2D eigenvalue weighted by molar-refractivity contribution is 5.70. The van der Waals surface area contributed by atoms with Gasteiger partial charge in [-0.15, -0.1) is 0 Å². The molecule has 1 aliphatic rings. The lowest BCUT2D eigenvalue weighted by atomic mass is 10.1. The minimum Gasteiger partial charge on any atom is -0.481 e. The number of likely N-dealkylation sites (tertiary alicyclic amines) is 1. The maximum Gasteiger partial charge on any atom is 0.307 e. The van der Waals surface area contributed by atoms with Crippen LogP contribution in [-0.4, -0.2) is 41.8 Å². The quantitative estimate of drug-likeness (QED) is 0.768. The highest BCUT2D eigenvalue weighted by Crippen LogP contribution is 2.15. The summed E-state index contributed by atoms with van der Waals surface area (Å²) in [5.41, 5.74) is 1.02. The zero-order valence-corrected chi connectivity index (χ0v) is 12.0. The largest absolute Gasteiger partial charge is 0.481 e. The van der Waals surface area contributed by atoms with Crippen LogP contribution in [0.2, 0.25) is 0 Å². The SMILES string of the molecule is C/C=C(/C)N=CCCN1CCC(C(=O)O)C1.CC. The van der Waals surface area contributed by atoms with Gasteiger partial charge in [0.15, 0.2) is 0 Å². The number of aliphatic carboxylic acids is 1. The number of rotatable bonds is 5. The first-order chi connectivity index (χ1) is 8.63. The van der Waals surface area contributed by atoms with Gasteiger partial charge >= 0.3 is 5.97 Å². The molecule has 1 rings (SSSR count). The Kier molecular flexibility index (Phi) is 9.19. The summed E-state index contributed by atoms with van der Waals surface area (Å²) in [5.74, 6) is -0.838. The summed E-state index contributed by atoms with van der Waals surface area (Å²) in [5, 5.41) is 8.85. The van der Waals surface area contributed by atoms with Crippen molar-refractivity contribution in [1.82, 2.24) is 4.90 Å². The Hall–Kier alpha value is -1.16. The molecule has 1 N–H and O–H groups in total. The molecule has 1 fully saturated rings. The Balaban J connectivity index is 0.00000137. The molecule has 1 atom stereocenters. The number of carboxylic acids is 1. The lowest BCUT2D eigenvalue weighted by Crippen LogP contribution is -2.24. The van der Waals surface area contributed by atoms with Gasteiger partial charge in [0.05, 0.1) is 5.92 Å². The summed E-state index contributed by atoms with van der Waals surface area (Å²) in [6.45, 7) is 10.4. The molecule has 0 aromatic carbocycles. The molecule has 1 saturated heterocycles. The smallest absolute Gasteiger partial charge is 0.307 e. The molecule has 1 unspecified atom stereocenters. The summed E-state index contributed by atoms with van der Waals surface area (Å²) in [7, 11) is 0. The molecule has 0 aromatic rings. The fraction of sp³-hybridized carbons (Fsp3) is 0.714. The van der Waals surface area contributed by atoms with Crippen LogP contribution in [0.1, 0.15) is 40.5 Å². The van der Waals surface area contributed by atoms with Crippen LogP contribution in [0.25, 0.3) is 0 Å². The molecule has 4 heteroatoms. The van der Waals surface area contributed by atoms with Crippen LogP contribution in [0.5, 0.6) is 0 Å². The summed E-state index contributed by atoms with van der Waals surface area (Å²) in [6.07, 6.45) is 5.54. The van der Waals surface area contributed by atoms with Crippen LogP contribution in [0.3, 0.4) is 0 Å². The van der Waals surface area contributed by atoms with Crippen LogP contribution in [0, 0.1) is 5.92 Å². The third kappa shape index (κ3) is 6.55. The first-order valence-electron chi connectivity index (χ1n) is 6.74. The van der Waals surface area contributed by atoms with E-state index in [0.29, 0.717) is 6.54 Å². The molecule has 18 heavy (non-hydrogen) atoms. The van der Waals surface area contributed by atoms with Crippen LogP contribution in [0.4, 0.5) is 0 Å². The molecule has 0 spiro atoms. The van der Waals surface area contributed by atoms with Crippen LogP contribution >= 0.6 is 0 Å². The molecule has 4 nitrogen and oxygen atoms in total. The van der Waals surface area contributed by atoms with E-state index in [4.69, 9.17) is 5.11 Å². The van der Waals surface area contributed by atoms with Crippen molar-refractivity contribution >= 4 is 12.2 Å². The van der Waals surface area contributed by atoms with E-state index in [1.807, 2.05) is 40.0 Å². The minimum absolute atomic E-state index is 0.172. The second-order valence-electron chi connectivity index (χ2n) is 4.15. The Bertz CT molecular complexity index is 298. The molecule has 0 saturated carbocycles. The highest BCUT2D eigenvalue weighted by Gasteiger charge is 2.27. The normalized spacial score (nSPS) is 20.9. The van der Waals surface area contributed by atoms with Crippen molar-refractivity contribution < 1.29 is 9.90 Å². The standard InChI is InChI=1S/C12H20N2O2.C2H6/c1-3-10(2)13-6-4-7-14-8-5-11(9-14)12(15)16;1-2/h3,6,11H,4-5,7-9H2,1-2H3,(H,15,16);1-2H3/b10-3-,13-6?;. The molecule has 0 radical (unpaired) electrons. The van der Waals surface area contributed by atoms with Crippen molar-refractivity contribution in [3.63, 3.8) is 0 Å². The van der Waals surface area contributed by atoms with Gasteiger partial charge < -0.3 is 10.0 Å². The molecular weight excluding hydrogens is 228 g/mol. The fourth-order valence-electron chi connectivity index (χ4n) is 1.76. The molecule has 0 amide bonds. The number of allylic oxidation sites excluding steroid dienone is 2. The van der Waals surface area contributed by atoms with Crippen LogP contribution in [-0.2, 0) is 4.79 Å². The number of carbonyl (C=O) groups is 1. The third-order valence-electron chi connectivity index (χ3n) is 2.91. The van der Waals surface area contributed by atoms with E-state index in [1.165, 1.54) is 0 Å². The predicted molar refractivity (Wildman–Crippen MR) is 76.1 cm³/mol. The van der Waals surface area contributed by atoms with Gasteiger partial charge in [0.1, 0.15) is 0 Å². The lowest BCUT2D eigenvalue weighted by molar-refractivity contribution is -0.141. The van der Waals surface area contributed by atoms with Crippen LogP contribution in [0.15, 0.2) is 16.8 Å². The van der Waals surface area contributed by atoms with Gasteiger partial charge in [-0.1, -0.05) is 19.9 Å². The molecular formula is C14H26N2O2. The first-order valence-corrected chi connectivity index (χ1v) is 6.74. The Morgan fingerprint density at radius 3 is 2.67 bits per heavy atom. The number of nitrogens with zero attached hydrogens (tertiary/aromatic N) is 2. The summed E-state index contributed by atoms with van der Waals surface area (Å²) >= 11 is 0. The summed E-state index contributed by atoms with van der Waals surface area (Å²) < 4.78 is 0. The zero-order valence-electron chi connectivity index (χ0n) is 12.0. The fourth-order valence-corrected chi connectivity index (χ4v) is 1.76. The third-order valence-corrected chi connectivity index (χ3v) is 2.91. The predicted octanol–water partition coefficient (Wildman–Crippen LogP) is 2.80. The number of hydrogen-bond acceptors (Lipinski definition) is 3. The van der Waals surface area contributed by atoms with Crippen molar-refractivity contribution in [2.45, 2.75) is 40.5 Å². The number of aliphatic imine (C=N–C) groups is 1. The van der Waals surface area contributed by atoms with Gasteiger partial charge in [-0.05, 0) is 33.2 Å². The monoisotopic (exact) mass is 254 g/mol. The Morgan fingerprint density at radius 1 is 1.50 bits per heavy atom. The van der Waals surface area contributed by atoms with Gasteiger partial charge in [-0.2, -0.15) is 0 Å². The van der Waals surface area contributed by atoms with Crippen molar-refractivity contribution in [3.05, 3.63) is 11.8 Å². The van der Waals surface area contributed by atoms with Gasteiger partial charge in [-0.25, -0.2) is 0 Å². The van der Waals surface area contributed by atoms with Gasteiger partial charge in [0.25, 0.3) is 0 Å². The van der Waals surface area contributed by atoms with E-state index in [2.05, 4.69) is 9.89 Å². The van der Waals surface area contributed by atoms with Gasteiger partial charge in [-0.3, -0.25) is 9.79 Å². The lowest BCUT2D eigenvalue weighted by Gasteiger charge is -2.12. The second-order valence-corrected chi connectivity index (χ2v) is 4.15. The van der Waals surface area contributed by atoms with Crippen molar-refractivity contribution in [3.8, 4) is 0 Å². The maximum absolute atomic E-state index is 10.7. The van der Waals surface area contributed by atoms with E-state index in [1.54, 1.807) is 0 Å². The average Bonchev–Trinajstić information content (AvgIpc) is 2.85. The minimum atomic E-state index is -0.666. The van der Waals surface area contributed by atoms with Crippen molar-refractivity contribution in [1.29, 1.82) is 0 Å². The molecule has 104 valence electrons. The van der Waals surface area contributed by atoms with E-state index in [9.17, 15) is 4.79 Å². The summed E-state index contributed by atoms with van der Waals surface area (Å²) in [6, 6.07) is 0. The molecule has 1 aliphatic heterocycles. The summed E-state index contributed by atoms with van der Waals surface area (Å²) in [4.78, 5) is 17.2. The number of hydrogen-bond donors (Lipinski definition) is 1. The van der Waals surface area contributed by atoms with Crippen molar-refractivity contribution in [2.24, 2.45) is 10.9 Å². The van der Waals surface area contributed by atoms with E-state index < -0.39 is 5.97 Å². The number of carboxylic acid groups (broad SMARTS) is 1. The van der Waals surface area contributed by atoms with E-state index in [0.717, 1.165) is 31.6 Å². The van der Waals surface area contributed by atoms with E-state index >= 15 is 0 Å². The average molecular weight is 254 g/mol. The first kappa shape index (κ1) is 16.8. The topological polar surface area (TPSA) is 52.9 Å². The van der Waals surface area contributed by atoms with Crippen LogP contribution < -0.4 is 0 Å². The van der Waals surface area contributed by atoms with Gasteiger partial charge in [0, 0.05) is 25.0 Å². The molecule has 1 heterocycles. The van der Waals surface area contributed by atoms with E-state index in [-0.39, 0.29) is 5.92 Å². The zero-order chi connectivity index (χ0) is 14.0. The Morgan fingerprint density at radius 2 is 2.17 bits per heavy atom. The second kappa shape index (κ2) is 9.83. The maximum atomic E-state index is 10.7. The van der Waals surface area contributed by atoms with Crippen molar-refractivity contribution in [2.75, 3.05) is 19.6 Å². The highest BCUT2D eigenvalue weighted by atomic mass is 16.4. The molecule has 0 aromatic heterocycles.